The average Bonchev–Trinajstić information content (AvgIpc) is 3.44. The Bertz CT molecular complexity index is 757. The molecule has 0 bridgehead atoms. The van der Waals surface area contributed by atoms with Crippen LogP contribution < -0.4 is 15.4 Å². The lowest BCUT2D eigenvalue weighted by atomic mass is 10.1. The fraction of sp³-hybridized carbons (Fsp3) is 0.278. The van der Waals surface area contributed by atoms with Crippen molar-refractivity contribution < 1.29 is 14.3 Å². The first-order chi connectivity index (χ1) is 11.7. The monoisotopic (exact) mass is 325 g/mol. The van der Waals surface area contributed by atoms with E-state index in [0.29, 0.717) is 23.4 Å². The molecule has 0 atom stereocenters. The maximum atomic E-state index is 12.3. The van der Waals surface area contributed by atoms with Crippen molar-refractivity contribution in [1.82, 2.24) is 15.6 Å². The number of hydrogen-bond donors (Lipinski definition) is 2. The number of ether oxygens (including phenoxy) is 1. The Labute approximate surface area is 140 Å². The Morgan fingerprint density at radius 2 is 1.88 bits per heavy atom. The van der Waals surface area contributed by atoms with Gasteiger partial charge in [0.05, 0.1) is 18.2 Å². The van der Waals surface area contributed by atoms with Crippen molar-refractivity contribution in [3.63, 3.8) is 0 Å². The fourth-order valence-corrected chi connectivity index (χ4v) is 2.31. The van der Waals surface area contributed by atoms with Crippen LogP contribution in [0.2, 0.25) is 0 Å². The van der Waals surface area contributed by atoms with E-state index in [9.17, 15) is 9.59 Å². The Morgan fingerprint density at radius 1 is 1.17 bits per heavy atom. The minimum absolute atomic E-state index is 0.190. The van der Waals surface area contributed by atoms with Gasteiger partial charge in [-0.05, 0) is 25.0 Å². The van der Waals surface area contributed by atoms with Gasteiger partial charge in [-0.1, -0.05) is 18.2 Å². The molecule has 1 heterocycles. The second-order valence-electron chi connectivity index (χ2n) is 5.70. The number of carbonyl (C=O) groups excluding carboxylic acids is 2. The molecule has 1 aliphatic rings. The Hall–Kier alpha value is -2.89. The average molecular weight is 325 g/mol. The third-order valence-corrected chi connectivity index (χ3v) is 3.81. The SMILES string of the molecule is COc1ccccc1CNC(=O)c1cncc(C(=O)NC2CC2)c1. The maximum absolute atomic E-state index is 12.3. The van der Waals surface area contributed by atoms with Gasteiger partial charge in [0.2, 0.25) is 0 Å². The van der Waals surface area contributed by atoms with E-state index in [1.807, 2.05) is 24.3 Å². The molecular weight excluding hydrogens is 306 g/mol. The molecule has 1 fully saturated rings. The van der Waals surface area contributed by atoms with Crippen molar-refractivity contribution in [1.29, 1.82) is 0 Å². The van der Waals surface area contributed by atoms with Gasteiger partial charge >= 0.3 is 0 Å². The predicted molar refractivity (Wildman–Crippen MR) is 88.9 cm³/mol. The van der Waals surface area contributed by atoms with Crippen LogP contribution in [-0.2, 0) is 6.54 Å². The largest absolute Gasteiger partial charge is 0.496 e. The number of nitrogens with zero attached hydrogens (tertiary/aromatic N) is 1. The molecule has 24 heavy (non-hydrogen) atoms. The third kappa shape index (κ3) is 3.90. The number of carbonyl (C=O) groups is 2. The molecule has 3 rings (SSSR count). The molecule has 2 N–H and O–H groups in total. The van der Waals surface area contributed by atoms with Crippen LogP contribution in [0.25, 0.3) is 0 Å². The summed E-state index contributed by atoms with van der Waals surface area (Å²) in [4.78, 5) is 28.3. The zero-order chi connectivity index (χ0) is 16.9. The zero-order valence-corrected chi connectivity index (χ0v) is 13.4. The summed E-state index contributed by atoms with van der Waals surface area (Å²) in [7, 11) is 1.59. The summed E-state index contributed by atoms with van der Waals surface area (Å²) in [5.74, 6) is 0.243. The highest BCUT2D eigenvalue weighted by atomic mass is 16.5. The van der Waals surface area contributed by atoms with Crippen LogP contribution in [0, 0.1) is 0 Å². The van der Waals surface area contributed by atoms with Crippen LogP contribution in [0.3, 0.4) is 0 Å². The quantitative estimate of drug-likeness (QED) is 0.850. The van der Waals surface area contributed by atoms with Gasteiger partial charge < -0.3 is 15.4 Å². The van der Waals surface area contributed by atoms with Gasteiger partial charge in [-0.2, -0.15) is 0 Å². The van der Waals surface area contributed by atoms with Crippen molar-refractivity contribution in [2.45, 2.75) is 25.4 Å². The molecule has 6 heteroatoms. The second kappa shape index (κ2) is 7.12. The number of methoxy groups -OCH3 is 1. The van der Waals surface area contributed by atoms with E-state index >= 15 is 0 Å². The lowest BCUT2D eigenvalue weighted by Gasteiger charge is -2.10. The van der Waals surface area contributed by atoms with Crippen molar-refractivity contribution >= 4 is 11.8 Å². The van der Waals surface area contributed by atoms with Gasteiger partial charge in [-0.15, -0.1) is 0 Å². The first-order valence-electron chi connectivity index (χ1n) is 7.83. The number of benzene rings is 1. The predicted octanol–water partition coefficient (Wildman–Crippen LogP) is 1.91. The van der Waals surface area contributed by atoms with Crippen LogP contribution in [0.1, 0.15) is 39.1 Å². The van der Waals surface area contributed by atoms with Gasteiger partial charge in [0.1, 0.15) is 5.75 Å². The van der Waals surface area contributed by atoms with Crippen molar-refractivity contribution in [2.75, 3.05) is 7.11 Å². The van der Waals surface area contributed by atoms with Gasteiger partial charge in [0.15, 0.2) is 0 Å². The number of rotatable bonds is 6. The standard InChI is InChI=1S/C18H19N3O3/c1-24-16-5-3-2-4-12(16)11-20-17(22)13-8-14(10-19-9-13)18(23)21-15-6-7-15/h2-5,8-10,15H,6-7,11H2,1H3,(H,20,22)(H,21,23). The van der Waals surface area contributed by atoms with Crippen LogP contribution >= 0.6 is 0 Å². The molecule has 1 aliphatic carbocycles. The van der Waals surface area contributed by atoms with Crippen LogP contribution in [0.15, 0.2) is 42.7 Å². The Balaban J connectivity index is 1.65. The molecule has 2 amide bonds. The number of amides is 2. The van der Waals surface area contributed by atoms with E-state index in [-0.39, 0.29) is 17.9 Å². The molecular formula is C18H19N3O3. The second-order valence-corrected chi connectivity index (χ2v) is 5.70. The summed E-state index contributed by atoms with van der Waals surface area (Å²) in [6.45, 7) is 0.335. The lowest BCUT2D eigenvalue weighted by molar-refractivity contribution is 0.0950. The number of nitrogens with one attached hydrogen (secondary N) is 2. The van der Waals surface area contributed by atoms with Gasteiger partial charge in [-0.3, -0.25) is 14.6 Å². The molecule has 124 valence electrons. The number of para-hydroxylation sites is 1. The summed E-state index contributed by atoms with van der Waals surface area (Å²) in [6, 6.07) is 9.30. The fourth-order valence-electron chi connectivity index (χ4n) is 2.31. The lowest BCUT2D eigenvalue weighted by Crippen LogP contribution is -2.27. The molecule has 1 saturated carbocycles. The normalized spacial score (nSPS) is 13.2. The first-order valence-corrected chi connectivity index (χ1v) is 7.83. The minimum Gasteiger partial charge on any atom is -0.496 e. The summed E-state index contributed by atoms with van der Waals surface area (Å²) >= 11 is 0. The summed E-state index contributed by atoms with van der Waals surface area (Å²) in [5, 5.41) is 5.70. The number of hydrogen-bond acceptors (Lipinski definition) is 4. The van der Waals surface area contributed by atoms with Gasteiger partial charge in [0, 0.05) is 30.5 Å². The van der Waals surface area contributed by atoms with E-state index in [2.05, 4.69) is 15.6 Å². The molecule has 6 nitrogen and oxygen atoms in total. The van der Waals surface area contributed by atoms with Crippen molar-refractivity contribution in [3.8, 4) is 5.75 Å². The van der Waals surface area contributed by atoms with Crippen LogP contribution in [-0.4, -0.2) is 29.9 Å². The molecule has 0 saturated heterocycles. The minimum atomic E-state index is -0.283. The van der Waals surface area contributed by atoms with Crippen molar-refractivity contribution in [2.24, 2.45) is 0 Å². The van der Waals surface area contributed by atoms with E-state index in [4.69, 9.17) is 4.74 Å². The molecule has 0 radical (unpaired) electrons. The molecule has 0 spiro atoms. The Morgan fingerprint density at radius 3 is 2.58 bits per heavy atom. The highest BCUT2D eigenvalue weighted by Crippen LogP contribution is 2.19. The molecule has 1 aromatic heterocycles. The molecule has 2 aromatic rings. The zero-order valence-electron chi connectivity index (χ0n) is 13.4. The van der Waals surface area contributed by atoms with Crippen LogP contribution in [0.4, 0.5) is 0 Å². The topological polar surface area (TPSA) is 80.3 Å². The van der Waals surface area contributed by atoms with E-state index in [1.54, 1.807) is 13.2 Å². The van der Waals surface area contributed by atoms with E-state index < -0.39 is 0 Å². The highest BCUT2D eigenvalue weighted by molar-refractivity contribution is 5.99. The van der Waals surface area contributed by atoms with E-state index in [1.165, 1.54) is 12.4 Å². The van der Waals surface area contributed by atoms with E-state index in [0.717, 1.165) is 18.4 Å². The third-order valence-electron chi connectivity index (χ3n) is 3.81. The molecule has 1 aromatic carbocycles. The number of pyridine rings is 1. The summed E-state index contributed by atoms with van der Waals surface area (Å²) < 4.78 is 5.26. The smallest absolute Gasteiger partial charge is 0.253 e. The van der Waals surface area contributed by atoms with Gasteiger partial charge in [-0.25, -0.2) is 0 Å². The van der Waals surface area contributed by atoms with Gasteiger partial charge in [0.25, 0.3) is 11.8 Å². The molecule has 0 unspecified atom stereocenters. The number of aromatic nitrogens is 1. The summed E-state index contributed by atoms with van der Waals surface area (Å²) in [6.07, 6.45) is 4.94. The highest BCUT2D eigenvalue weighted by Gasteiger charge is 2.24. The molecule has 0 aliphatic heterocycles. The summed E-state index contributed by atoms with van der Waals surface area (Å²) in [5.41, 5.74) is 1.63. The Kier molecular flexibility index (Phi) is 4.74. The maximum Gasteiger partial charge on any atom is 0.253 e. The van der Waals surface area contributed by atoms with Crippen molar-refractivity contribution in [3.05, 3.63) is 59.4 Å². The van der Waals surface area contributed by atoms with Crippen LogP contribution in [0.5, 0.6) is 5.75 Å². The first kappa shape index (κ1) is 16.0.